The van der Waals surface area contributed by atoms with Crippen molar-refractivity contribution in [1.29, 1.82) is 0 Å². The van der Waals surface area contributed by atoms with Gasteiger partial charge in [0.25, 0.3) is 5.91 Å². The first-order valence-electron chi connectivity index (χ1n) is 7.57. The van der Waals surface area contributed by atoms with Crippen LogP contribution in [0.5, 0.6) is 0 Å². The molecule has 1 fully saturated rings. The van der Waals surface area contributed by atoms with Gasteiger partial charge in [0.1, 0.15) is 5.82 Å². The van der Waals surface area contributed by atoms with Gasteiger partial charge in [-0.15, -0.1) is 0 Å². The van der Waals surface area contributed by atoms with Crippen LogP contribution in [-0.4, -0.2) is 52.8 Å². The highest BCUT2D eigenvalue weighted by Crippen LogP contribution is 2.22. The quantitative estimate of drug-likeness (QED) is 0.867. The molecule has 2 aromatic heterocycles. The molecule has 1 amide bonds. The summed E-state index contributed by atoms with van der Waals surface area (Å²) in [6, 6.07) is 5.91. The molecule has 22 heavy (non-hydrogen) atoms. The van der Waals surface area contributed by atoms with Crippen molar-refractivity contribution >= 4 is 11.7 Å². The molecule has 0 radical (unpaired) electrons. The predicted octanol–water partition coefficient (Wildman–Crippen LogP) is 1.82. The summed E-state index contributed by atoms with van der Waals surface area (Å²) in [7, 11) is 3.87. The number of hydrogen-bond acceptors (Lipinski definition) is 4. The Hall–Kier alpha value is -2.37. The molecule has 3 heterocycles. The van der Waals surface area contributed by atoms with E-state index < -0.39 is 0 Å². The summed E-state index contributed by atoms with van der Waals surface area (Å²) in [5.74, 6) is 0.902. The van der Waals surface area contributed by atoms with Gasteiger partial charge >= 0.3 is 0 Å². The standard InChI is InChI=1S/C16H21N5O/c1-19(2)15-7-6-13(11-17-15)16(22)20-9-3-5-14(12-20)21-10-4-8-18-21/h4,6-8,10-11,14H,3,5,9,12H2,1-2H3/t14-/m1/s1. The van der Waals surface area contributed by atoms with Crippen LogP contribution in [0, 0.1) is 0 Å². The molecule has 0 saturated carbocycles. The number of likely N-dealkylation sites (tertiary alicyclic amines) is 1. The van der Waals surface area contributed by atoms with Crippen molar-refractivity contribution in [1.82, 2.24) is 19.7 Å². The van der Waals surface area contributed by atoms with E-state index in [2.05, 4.69) is 10.1 Å². The average Bonchev–Trinajstić information content (AvgIpc) is 3.09. The van der Waals surface area contributed by atoms with E-state index in [9.17, 15) is 4.79 Å². The van der Waals surface area contributed by atoms with Crippen molar-refractivity contribution in [2.75, 3.05) is 32.1 Å². The van der Waals surface area contributed by atoms with E-state index in [1.807, 2.05) is 53.0 Å². The Bertz CT molecular complexity index is 620. The third kappa shape index (κ3) is 2.95. The lowest BCUT2D eigenvalue weighted by Gasteiger charge is -2.33. The van der Waals surface area contributed by atoms with Crippen LogP contribution in [0.25, 0.3) is 0 Å². The first-order chi connectivity index (χ1) is 10.6. The van der Waals surface area contributed by atoms with Crippen LogP contribution < -0.4 is 4.90 Å². The van der Waals surface area contributed by atoms with E-state index in [-0.39, 0.29) is 11.9 Å². The highest BCUT2D eigenvalue weighted by Gasteiger charge is 2.25. The van der Waals surface area contributed by atoms with E-state index in [0.717, 1.165) is 25.2 Å². The van der Waals surface area contributed by atoms with E-state index in [4.69, 9.17) is 0 Å². The molecular formula is C16H21N5O. The van der Waals surface area contributed by atoms with Crippen molar-refractivity contribution in [2.24, 2.45) is 0 Å². The lowest BCUT2D eigenvalue weighted by atomic mass is 10.0. The summed E-state index contributed by atoms with van der Waals surface area (Å²) >= 11 is 0. The lowest BCUT2D eigenvalue weighted by Crippen LogP contribution is -2.40. The van der Waals surface area contributed by atoms with Crippen LogP contribution in [-0.2, 0) is 0 Å². The van der Waals surface area contributed by atoms with E-state index in [1.54, 1.807) is 12.4 Å². The highest BCUT2D eigenvalue weighted by molar-refractivity contribution is 5.94. The zero-order valence-electron chi connectivity index (χ0n) is 13.0. The normalized spacial score (nSPS) is 18.3. The Morgan fingerprint density at radius 3 is 2.86 bits per heavy atom. The second-order valence-electron chi connectivity index (χ2n) is 5.83. The van der Waals surface area contributed by atoms with Gasteiger partial charge in [-0.2, -0.15) is 5.10 Å². The molecule has 3 rings (SSSR count). The van der Waals surface area contributed by atoms with Crippen molar-refractivity contribution in [3.8, 4) is 0 Å². The average molecular weight is 299 g/mol. The van der Waals surface area contributed by atoms with Crippen molar-refractivity contribution in [3.63, 3.8) is 0 Å². The van der Waals surface area contributed by atoms with Crippen molar-refractivity contribution < 1.29 is 4.79 Å². The summed E-state index contributed by atoms with van der Waals surface area (Å²) in [5.41, 5.74) is 0.645. The third-order valence-corrected chi connectivity index (χ3v) is 4.04. The van der Waals surface area contributed by atoms with Crippen LogP contribution >= 0.6 is 0 Å². The monoisotopic (exact) mass is 299 g/mol. The smallest absolute Gasteiger partial charge is 0.255 e. The van der Waals surface area contributed by atoms with Gasteiger partial charge in [-0.05, 0) is 31.0 Å². The Morgan fingerprint density at radius 1 is 1.36 bits per heavy atom. The Morgan fingerprint density at radius 2 is 2.23 bits per heavy atom. The first kappa shape index (κ1) is 14.6. The Balaban J connectivity index is 1.71. The molecule has 6 nitrogen and oxygen atoms in total. The molecular weight excluding hydrogens is 278 g/mol. The summed E-state index contributed by atoms with van der Waals surface area (Å²) in [6.45, 7) is 1.50. The number of carbonyl (C=O) groups excluding carboxylic acids is 1. The summed E-state index contributed by atoms with van der Waals surface area (Å²) < 4.78 is 1.95. The number of amides is 1. The van der Waals surface area contributed by atoms with Gasteiger partial charge < -0.3 is 9.80 Å². The van der Waals surface area contributed by atoms with Crippen LogP contribution in [0.2, 0.25) is 0 Å². The molecule has 0 spiro atoms. The number of piperidine rings is 1. The molecule has 116 valence electrons. The fraction of sp³-hybridized carbons (Fsp3) is 0.438. The predicted molar refractivity (Wildman–Crippen MR) is 85.0 cm³/mol. The molecule has 0 aromatic carbocycles. The Labute approximate surface area is 130 Å². The van der Waals surface area contributed by atoms with Gasteiger partial charge in [0.05, 0.1) is 11.6 Å². The molecule has 1 atom stereocenters. The highest BCUT2D eigenvalue weighted by atomic mass is 16.2. The van der Waals surface area contributed by atoms with Gasteiger partial charge in [-0.25, -0.2) is 4.98 Å². The number of rotatable bonds is 3. The minimum atomic E-state index is 0.0506. The van der Waals surface area contributed by atoms with Crippen LogP contribution in [0.3, 0.4) is 0 Å². The summed E-state index contributed by atoms with van der Waals surface area (Å²) in [6.07, 6.45) is 7.47. The van der Waals surface area contributed by atoms with Gasteiger partial charge in [-0.1, -0.05) is 0 Å². The van der Waals surface area contributed by atoms with E-state index >= 15 is 0 Å². The molecule has 0 aliphatic carbocycles. The number of hydrogen-bond donors (Lipinski definition) is 0. The Kier molecular flexibility index (Phi) is 4.09. The zero-order valence-corrected chi connectivity index (χ0v) is 13.0. The maximum atomic E-state index is 12.6. The van der Waals surface area contributed by atoms with Crippen LogP contribution in [0.1, 0.15) is 29.2 Å². The third-order valence-electron chi connectivity index (χ3n) is 4.04. The van der Waals surface area contributed by atoms with Gasteiger partial charge in [0, 0.05) is 45.8 Å². The molecule has 1 aliphatic heterocycles. The van der Waals surface area contributed by atoms with Crippen LogP contribution in [0.4, 0.5) is 5.82 Å². The maximum absolute atomic E-state index is 12.6. The number of anilines is 1. The molecule has 1 aliphatic rings. The minimum Gasteiger partial charge on any atom is -0.363 e. The van der Waals surface area contributed by atoms with Crippen molar-refractivity contribution in [2.45, 2.75) is 18.9 Å². The first-order valence-corrected chi connectivity index (χ1v) is 7.57. The maximum Gasteiger partial charge on any atom is 0.255 e. The number of nitrogens with zero attached hydrogens (tertiary/aromatic N) is 5. The molecule has 0 N–H and O–H groups in total. The number of pyridine rings is 1. The van der Waals surface area contributed by atoms with E-state index in [0.29, 0.717) is 12.1 Å². The van der Waals surface area contributed by atoms with E-state index in [1.165, 1.54) is 0 Å². The van der Waals surface area contributed by atoms with Gasteiger partial charge in [-0.3, -0.25) is 9.48 Å². The fourth-order valence-corrected chi connectivity index (χ4v) is 2.81. The van der Waals surface area contributed by atoms with Gasteiger partial charge in [0.2, 0.25) is 0 Å². The molecule has 0 unspecified atom stereocenters. The van der Waals surface area contributed by atoms with Gasteiger partial charge in [0.15, 0.2) is 0 Å². The topological polar surface area (TPSA) is 54.3 Å². The molecule has 6 heteroatoms. The molecule has 2 aromatic rings. The lowest BCUT2D eigenvalue weighted by molar-refractivity contribution is 0.0672. The minimum absolute atomic E-state index is 0.0506. The summed E-state index contributed by atoms with van der Waals surface area (Å²) in [4.78, 5) is 20.8. The van der Waals surface area contributed by atoms with Crippen molar-refractivity contribution in [3.05, 3.63) is 42.4 Å². The number of carbonyl (C=O) groups is 1. The second kappa shape index (κ2) is 6.17. The largest absolute Gasteiger partial charge is 0.363 e. The number of aromatic nitrogens is 3. The zero-order chi connectivity index (χ0) is 15.5. The molecule has 1 saturated heterocycles. The fourth-order valence-electron chi connectivity index (χ4n) is 2.81. The second-order valence-corrected chi connectivity index (χ2v) is 5.83. The molecule has 0 bridgehead atoms. The SMILES string of the molecule is CN(C)c1ccc(C(=O)N2CCC[C@@H](n3cccn3)C2)cn1. The summed E-state index contributed by atoms with van der Waals surface area (Å²) in [5, 5.41) is 4.30. The van der Waals surface area contributed by atoms with Crippen LogP contribution in [0.15, 0.2) is 36.8 Å².